The molecule has 2 atom stereocenters. The molecule has 0 aliphatic rings. The number of aliphatic hydroxyl groups excluding tert-OH is 1. The third-order valence-electron chi connectivity index (χ3n) is 3.61. The van der Waals surface area contributed by atoms with E-state index in [9.17, 15) is 5.11 Å². The minimum Gasteiger partial charge on any atom is -0.490 e. The third-order valence-corrected chi connectivity index (χ3v) is 3.61. The Morgan fingerprint density at radius 2 is 1.90 bits per heavy atom. The van der Waals surface area contributed by atoms with Gasteiger partial charge in [0, 0.05) is 18.0 Å². The molecule has 1 aromatic rings. The first-order valence-electron chi connectivity index (χ1n) is 7.39. The summed E-state index contributed by atoms with van der Waals surface area (Å²) < 4.78 is 6.05. The smallest absolute Gasteiger partial charge is 0.122 e. The maximum Gasteiger partial charge on any atom is 0.122 e. The number of hydrogen-bond donors (Lipinski definition) is 2. The molecular weight excluding hydrogens is 250 g/mol. The molecule has 0 spiro atoms. The van der Waals surface area contributed by atoms with Crippen LogP contribution < -0.4 is 10.1 Å². The molecule has 0 fully saturated rings. The largest absolute Gasteiger partial charge is 0.490 e. The van der Waals surface area contributed by atoms with Crippen molar-refractivity contribution in [3.8, 4) is 5.75 Å². The highest BCUT2D eigenvalue weighted by Crippen LogP contribution is 2.24. The number of benzene rings is 1. The Balaban J connectivity index is 2.71. The topological polar surface area (TPSA) is 41.5 Å². The summed E-state index contributed by atoms with van der Waals surface area (Å²) in [4.78, 5) is 0. The van der Waals surface area contributed by atoms with Gasteiger partial charge in [0.1, 0.15) is 5.75 Å². The molecule has 0 bridgehead atoms. The van der Waals surface area contributed by atoms with Crippen molar-refractivity contribution in [2.75, 3.05) is 6.61 Å². The lowest BCUT2D eigenvalue weighted by atomic mass is 9.94. The number of aliphatic hydroxyl groups is 1. The van der Waals surface area contributed by atoms with Crippen LogP contribution in [0.1, 0.15) is 45.2 Å². The summed E-state index contributed by atoms with van der Waals surface area (Å²) in [6, 6.07) is 6.44. The number of ether oxygens (including phenoxy) is 1. The van der Waals surface area contributed by atoms with Gasteiger partial charge in [0.2, 0.25) is 0 Å². The molecule has 0 aromatic heterocycles. The number of aryl methyl sites for hydroxylation is 1. The third kappa shape index (κ3) is 4.80. The van der Waals surface area contributed by atoms with Gasteiger partial charge in [0.25, 0.3) is 0 Å². The summed E-state index contributed by atoms with van der Waals surface area (Å²) in [6.07, 6.45) is 0.800. The highest BCUT2D eigenvalue weighted by Gasteiger charge is 2.27. The van der Waals surface area contributed by atoms with Gasteiger partial charge in [0.05, 0.1) is 12.7 Å². The lowest BCUT2D eigenvalue weighted by molar-refractivity contribution is 0.104. The molecule has 0 radical (unpaired) electrons. The van der Waals surface area contributed by atoms with Crippen molar-refractivity contribution in [2.45, 2.75) is 65.6 Å². The van der Waals surface area contributed by atoms with Crippen LogP contribution in [0.15, 0.2) is 18.2 Å². The van der Waals surface area contributed by atoms with Crippen LogP contribution in [-0.2, 0) is 0 Å². The van der Waals surface area contributed by atoms with Crippen molar-refractivity contribution in [1.82, 2.24) is 5.32 Å². The summed E-state index contributed by atoms with van der Waals surface area (Å²) in [5, 5.41) is 13.0. The Bertz CT molecular complexity index is 431. The summed E-state index contributed by atoms with van der Waals surface area (Å²) >= 11 is 0. The highest BCUT2D eigenvalue weighted by molar-refractivity contribution is 5.38. The van der Waals surface area contributed by atoms with E-state index in [-0.39, 0.29) is 18.2 Å². The van der Waals surface area contributed by atoms with Crippen LogP contribution in [0.2, 0.25) is 0 Å². The molecule has 0 saturated heterocycles. The lowest BCUT2D eigenvalue weighted by Crippen LogP contribution is -2.51. The van der Waals surface area contributed by atoms with Gasteiger partial charge in [-0.3, -0.25) is 0 Å². The summed E-state index contributed by atoms with van der Waals surface area (Å²) in [5.74, 6) is 0.933. The first-order chi connectivity index (χ1) is 9.27. The Morgan fingerprint density at radius 1 is 1.25 bits per heavy atom. The van der Waals surface area contributed by atoms with Crippen molar-refractivity contribution >= 4 is 0 Å². The molecule has 0 amide bonds. The van der Waals surface area contributed by atoms with E-state index in [1.165, 1.54) is 11.1 Å². The van der Waals surface area contributed by atoms with E-state index in [1.54, 1.807) is 0 Å². The highest BCUT2D eigenvalue weighted by atomic mass is 16.5. The van der Waals surface area contributed by atoms with E-state index in [0.29, 0.717) is 6.04 Å². The van der Waals surface area contributed by atoms with Crippen LogP contribution in [0, 0.1) is 13.8 Å². The maximum atomic E-state index is 9.63. The number of rotatable bonds is 7. The van der Waals surface area contributed by atoms with E-state index in [2.05, 4.69) is 46.0 Å². The minimum absolute atomic E-state index is 0.0406. The molecule has 0 heterocycles. The van der Waals surface area contributed by atoms with Gasteiger partial charge < -0.3 is 15.2 Å². The van der Waals surface area contributed by atoms with Gasteiger partial charge in [-0.25, -0.2) is 0 Å². The van der Waals surface area contributed by atoms with Gasteiger partial charge in [-0.15, -0.1) is 0 Å². The molecule has 0 aliphatic heterocycles. The number of hydrogen-bond acceptors (Lipinski definition) is 3. The molecule has 20 heavy (non-hydrogen) atoms. The fourth-order valence-electron chi connectivity index (χ4n) is 2.61. The zero-order chi connectivity index (χ0) is 15.3. The van der Waals surface area contributed by atoms with Gasteiger partial charge in [-0.1, -0.05) is 26.0 Å². The van der Waals surface area contributed by atoms with Crippen LogP contribution in [0.4, 0.5) is 0 Å². The standard InChI is InChI=1S/C17H29NO2/c1-12(2)18-17(6,11-19)10-14(4)20-16-9-7-8-13(3)15(16)5/h7-9,12,14,18-19H,10-11H2,1-6H3. The van der Waals surface area contributed by atoms with Crippen LogP contribution in [0.25, 0.3) is 0 Å². The second-order valence-corrected chi connectivity index (χ2v) is 6.35. The maximum absolute atomic E-state index is 9.63. The Hall–Kier alpha value is -1.06. The summed E-state index contributed by atoms with van der Waals surface area (Å²) in [6.45, 7) is 12.5. The van der Waals surface area contributed by atoms with Crippen LogP contribution in [0.5, 0.6) is 5.75 Å². The quantitative estimate of drug-likeness (QED) is 0.805. The van der Waals surface area contributed by atoms with E-state index in [4.69, 9.17) is 4.74 Å². The molecule has 2 N–H and O–H groups in total. The van der Waals surface area contributed by atoms with Crippen LogP contribution in [-0.4, -0.2) is 29.4 Å². The van der Waals surface area contributed by atoms with E-state index in [0.717, 1.165) is 12.2 Å². The molecule has 2 unspecified atom stereocenters. The predicted octanol–water partition coefficient (Wildman–Crippen LogP) is 3.21. The molecule has 1 rings (SSSR count). The minimum atomic E-state index is -0.314. The fraction of sp³-hybridized carbons (Fsp3) is 0.647. The summed E-state index contributed by atoms with van der Waals surface area (Å²) in [5.41, 5.74) is 2.10. The first-order valence-corrected chi connectivity index (χ1v) is 7.39. The monoisotopic (exact) mass is 279 g/mol. The van der Waals surface area contributed by atoms with Crippen LogP contribution >= 0.6 is 0 Å². The molecule has 0 saturated carbocycles. The molecule has 114 valence electrons. The van der Waals surface area contributed by atoms with Gasteiger partial charge in [-0.05, 0) is 44.9 Å². The van der Waals surface area contributed by atoms with Crippen molar-refractivity contribution in [3.05, 3.63) is 29.3 Å². The SMILES string of the molecule is Cc1cccc(OC(C)CC(C)(CO)NC(C)C)c1C. The number of nitrogens with one attached hydrogen (secondary N) is 1. The molecule has 1 aromatic carbocycles. The average Bonchev–Trinajstić information content (AvgIpc) is 2.33. The predicted molar refractivity (Wildman–Crippen MR) is 84.4 cm³/mol. The lowest BCUT2D eigenvalue weighted by Gasteiger charge is -2.33. The van der Waals surface area contributed by atoms with Gasteiger partial charge >= 0.3 is 0 Å². The molecule has 3 heteroatoms. The van der Waals surface area contributed by atoms with Crippen molar-refractivity contribution in [2.24, 2.45) is 0 Å². The summed E-state index contributed by atoms with van der Waals surface area (Å²) in [7, 11) is 0. The second-order valence-electron chi connectivity index (χ2n) is 6.35. The zero-order valence-electron chi connectivity index (χ0n) is 13.7. The second kappa shape index (κ2) is 7.09. The Morgan fingerprint density at radius 3 is 2.45 bits per heavy atom. The molecule has 3 nitrogen and oxygen atoms in total. The van der Waals surface area contributed by atoms with Crippen molar-refractivity contribution in [1.29, 1.82) is 0 Å². The average molecular weight is 279 g/mol. The van der Waals surface area contributed by atoms with Gasteiger partial charge in [-0.2, -0.15) is 0 Å². The Kier molecular flexibility index (Phi) is 6.03. The van der Waals surface area contributed by atoms with Gasteiger partial charge in [0.15, 0.2) is 0 Å². The molecule has 0 aliphatic carbocycles. The zero-order valence-corrected chi connectivity index (χ0v) is 13.7. The Labute approximate surface area is 123 Å². The van der Waals surface area contributed by atoms with E-state index < -0.39 is 0 Å². The van der Waals surface area contributed by atoms with Crippen molar-refractivity contribution < 1.29 is 9.84 Å². The van der Waals surface area contributed by atoms with Crippen LogP contribution in [0.3, 0.4) is 0 Å². The van der Waals surface area contributed by atoms with Crippen molar-refractivity contribution in [3.63, 3.8) is 0 Å². The normalized spacial score (nSPS) is 16.0. The van der Waals surface area contributed by atoms with E-state index >= 15 is 0 Å². The first kappa shape index (κ1) is 17.0. The molecular formula is C17H29NO2. The van der Waals surface area contributed by atoms with E-state index in [1.807, 2.05) is 19.1 Å². The fourth-order valence-corrected chi connectivity index (χ4v) is 2.61.